The highest BCUT2D eigenvalue weighted by Gasteiger charge is 2.18. The number of nitrogens with two attached hydrogens (primary N) is 1. The molecule has 92 valence electrons. The summed E-state index contributed by atoms with van der Waals surface area (Å²) in [6.45, 7) is 0.807. The van der Waals surface area contributed by atoms with Gasteiger partial charge in [-0.25, -0.2) is 4.79 Å². The predicted octanol–water partition coefficient (Wildman–Crippen LogP) is 2.24. The molecule has 1 aliphatic heterocycles. The predicted molar refractivity (Wildman–Crippen MR) is 67.5 cm³/mol. The van der Waals surface area contributed by atoms with Crippen molar-refractivity contribution in [1.29, 1.82) is 0 Å². The minimum atomic E-state index is -0.938. The van der Waals surface area contributed by atoms with Gasteiger partial charge in [0, 0.05) is 22.9 Å². The van der Waals surface area contributed by atoms with E-state index in [2.05, 4.69) is 0 Å². The molecule has 1 aromatic carbocycles. The van der Waals surface area contributed by atoms with Crippen molar-refractivity contribution in [3.8, 4) is 0 Å². The maximum atomic E-state index is 11.1. The van der Waals surface area contributed by atoms with Crippen LogP contribution < -0.4 is 5.73 Å². The number of carbonyl (C=O) groups is 1. The van der Waals surface area contributed by atoms with Crippen LogP contribution in [-0.4, -0.2) is 29.5 Å². The van der Waals surface area contributed by atoms with Crippen LogP contribution in [0.15, 0.2) is 23.1 Å². The van der Waals surface area contributed by atoms with Crippen LogP contribution in [0, 0.1) is 0 Å². The summed E-state index contributed by atoms with van der Waals surface area (Å²) < 4.78 is 5.51. The molecule has 0 spiro atoms. The molecule has 0 radical (unpaired) electrons. The molecule has 4 nitrogen and oxygen atoms in total. The molecule has 1 heterocycles. The van der Waals surface area contributed by atoms with Gasteiger partial charge in [-0.15, -0.1) is 11.8 Å². The smallest absolute Gasteiger partial charge is 0.336 e. The number of nitrogen functional groups attached to an aromatic ring is 1. The summed E-state index contributed by atoms with van der Waals surface area (Å²) in [4.78, 5) is 11.7. The topological polar surface area (TPSA) is 72.6 Å². The van der Waals surface area contributed by atoms with E-state index in [0.29, 0.717) is 10.6 Å². The fraction of sp³-hybridized carbons (Fsp3) is 0.417. The van der Waals surface area contributed by atoms with Crippen molar-refractivity contribution in [3.05, 3.63) is 23.8 Å². The average Bonchev–Trinajstić information content (AvgIpc) is 2.80. The Kier molecular flexibility index (Phi) is 3.91. The zero-order chi connectivity index (χ0) is 12.3. The molecule has 5 heteroatoms. The van der Waals surface area contributed by atoms with E-state index in [4.69, 9.17) is 15.6 Å². The quantitative estimate of drug-likeness (QED) is 0.636. The molecular weight excluding hydrogens is 238 g/mol. The van der Waals surface area contributed by atoms with E-state index in [1.807, 2.05) is 0 Å². The minimum absolute atomic E-state index is 0.223. The Morgan fingerprint density at radius 2 is 2.41 bits per heavy atom. The van der Waals surface area contributed by atoms with E-state index >= 15 is 0 Å². The number of benzene rings is 1. The molecule has 1 saturated heterocycles. The van der Waals surface area contributed by atoms with E-state index < -0.39 is 5.97 Å². The summed E-state index contributed by atoms with van der Waals surface area (Å²) in [5.41, 5.74) is 6.61. The molecule has 1 atom stereocenters. The number of hydrogen-bond donors (Lipinski definition) is 2. The Labute approximate surface area is 104 Å². The van der Waals surface area contributed by atoms with Gasteiger partial charge in [-0.1, -0.05) is 6.07 Å². The van der Waals surface area contributed by atoms with Gasteiger partial charge in [0.25, 0.3) is 0 Å². The third-order valence-corrected chi connectivity index (χ3v) is 4.00. The lowest BCUT2D eigenvalue weighted by Crippen LogP contribution is -2.09. The second-order valence-corrected chi connectivity index (χ2v) is 5.01. The average molecular weight is 253 g/mol. The molecule has 2 rings (SSSR count). The van der Waals surface area contributed by atoms with Crippen molar-refractivity contribution in [2.45, 2.75) is 23.8 Å². The summed E-state index contributed by atoms with van der Waals surface area (Å²) in [7, 11) is 0. The number of hydrogen-bond acceptors (Lipinski definition) is 4. The lowest BCUT2D eigenvalue weighted by atomic mass is 10.2. The van der Waals surface area contributed by atoms with Gasteiger partial charge < -0.3 is 15.6 Å². The van der Waals surface area contributed by atoms with Crippen LogP contribution in [-0.2, 0) is 4.74 Å². The number of anilines is 1. The highest BCUT2D eigenvalue weighted by molar-refractivity contribution is 7.99. The Morgan fingerprint density at radius 3 is 3.06 bits per heavy atom. The Balaban J connectivity index is 2.10. The molecule has 1 aliphatic rings. The van der Waals surface area contributed by atoms with Crippen LogP contribution >= 0.6 is 11.8 Å². The van der Waals surface area contributed by atoms with E-state index in [0.717, 1.165) is 25.2 Å². The molecule has 0 aromatic heterocycles. The van der Waals surface area contributed by atoms with E-state index in [1.54, 1.807) is 18.2 Å². The SMILES string of the molecule is Nc1cccc(C(=O)O)c1SCC1CCCO1. The van der Waals surface area contributed by atoms with Gasteiger partial charge in [0.1, 0.15) is 0 Å². The first-order valence-corrected chi connectivity index (χ1v) is 6.53. The van der Waals surface area contributed by atoms with Crippen molar-refractivity contribution in [2.24, 2.45) is 0 Å². The number of ether oxygens (including phenoxy) is 1. The zero-order valence-corrected chi connectivity index (χ0v) is 10.2. The molecule has 1 aromatic rings. The van der Waals surface area contributed by atoms with Crippen LogP contribution in [0.3, 0.4) is 0 Å². The lowest BCUT2D eigenvalue weighted by molar-refractivity contribution is 0.0693. The summed E-state index contributed by atoms with van der Waals surface area (Å²) in [5.74, 6) is -0.179. The Morgan fingerprint density at radius 1 is 1.59 bits per heavy atom. The molecular formula is C12H15NO3S. The van der Waals surface area contributed by atoms with Crippen LogP contribution in [0.5, 0.6) is 0 Å². The van der Waals surface area contributed by atoms with Gasteiger partial charge in [-0.2, -0.15) is 0 Å². The number of rotatable bonds is 4. The molecule has 3 N–H and O–H groups in total. The summed E-state index contributed by atoms with van der Waals surface area (Å²) in [6, 6.07) is 4.97. The molecule has 0 aliphatic carbocycles. The highest BCUT2D eigenvalue weighted by Crippen LogP contribution is 2.31. The fourth-order valence-corrected chi connectivity index (χ4v) is 3.00. The molecule has 0 saturated carbocycles. The van der Waals surface area contributed by atoms with E-state index in [-0.39, 0.29) is 11.7 Å². The van der Waals surface area contributed by atoms with Gasteiger partial charge in [-0.3, -0.25) is 0 Å². The summed E-state index contributed by atoms with van der Waals surface area (Å²) in [6.07, 6.45) is 2.35. The largest absolute Gasteiger partial charge is 0.478 e. The van der Waals surface area contributed by atoms with Gasteiger partial charge >= 0.3 is 5.97 Å². The highest BCUT2D eigenvalue weighted by atomic mass is 32.2. The summed E-state index contributed by atoms with van der Waals surface area (Å²) >= 11 is 1.47. The van der Waals surface area contributed by atoms with Crippen molar-refractivity contribution >= 4 is 23.4 Å². The zero-order valence-electron chi connectivity index (χ0n) is 9.39. The van der Waals surface area contributed by atoms with Crippen LogP contribution in [0.4, 0.5) is 5.69 Å². The number of carboxylic acid groups (broad SMARTS) is 1. The second-order valence-electron chi connectivity index (χ2n) is 3.98. The number of aromatic carboxylic acids is 1. The van der Waals surface area contributed by atoms with Gasteiger partial charge in [0.15, 0.2) is 0 Å². The third-order valence-electron chi connectivity index (χ3n) is 2.71. The van der Waals surface area contributed by atoms with Crippen molar-refractivity contribution in [1.82, 2.24) is 0 Å². The van der Waals surface area contributed by atoms with Crippen LogP contribution in [0.2, 0.25) is 0 Å². The third kappa shape index (κ3) is 2.92. The van der Waals surface area contributed by atoms with Gasteiger partial charge in [-0.05, 0) is 25.0 Å². The first kappa shape index (κ1) is 12.3. The van der Waals surface area contributed by atoms with Crippen molar-refractivity contribution in [3.63, 3.8) is 0 Å². The van der Waals surface area contributed by atoms with Gasteiger partial charge in [0.05, 0.1) is 11.7 Å². The summed E-state index contributed by atoms with van der Waals surface area (Å²) in [5, 5.41) is 9.08. The Hall–Kier alpha value is -1.20. The molecule has 0 bridgehead atoms. The monoisotopic (exact) mass is 253 g/mol. The first-order valence-electron chi connectivity index (χ1n) is 5.54. The standard InChI is InChI=1S/C12H15NO3S/c13-10-5-1-4-9(12(14)15)11(10)17-7-8-3-2-6-16-8/h1,4-5,8H,2-3,6-7,13H2,(H,14,15). The normalized spacial score (nSPS) is 19.4. The van der Waals surface area contributed by atoms with Crippen LogP contribution in [0.1, 0.15) is 23.2 Å². The fourth-order valence-electron chi connectivity index (χ4n) is 1.84. The molecule has 1 unspecified atom stereocenters. The van der Waals surface area contributed by atoms with Crippen molar-refractivity contribution < 1.29 is 14.6 Å². The lowest BCUT2D eigenvalue weighted by Gasteiger charge is -2.12. The maximum Gasteiger partial charge on any atom is 0.336 e. The second kappa shape index (κ2) is 5.42. The van der Waals surface area contributed by atoms with Crippen LogP contribution in [0.25, 0.3) is 0 Å². The minimum Gasteiger partial charge on any atom is -0.478 e. The van der Waals surface area contributed by atoms with E-state index in [1.165, 1.54) is 11.8 Å². The number of thioether (sulfide) groups is 1. The Bertz CT molecular complexity index is 416. The van der Waals surface area contributed by atoms with E-state index in [9.17, 15) is 4.79 Å². The number of carboxylic acids is 1. The van der Waals surface area contributed by atoms with Gasteiger partial charge in [0.2, 0.25) is 0 Å². The molecule has 17 heavy (non-hydrogen) atoms. The first-order chi connectivity index (χ1) is 8.18. The van der Waals surface area contributed by atoms with Crippen molar-refractivity contribution in [2.75, 3.05) is 18.1 Å². The molecule has 0 amide bonds. The maximum absolute atomic E-state index is 11.1. The molecule has 1 fully saturated rings.